The molecule has 2 aromatic rings. The second kappa shape index (κ2) is 10.3. The van der Waals surface area contributed by atoms with Crippen molar-refractivity contribution in [2.45, 2.75) is 37.3 Å². The van der Waals surface area contributed by atoms with Crippen molar-refractivity contribution in [1.82, 2.24) is 15.1 Å². The lowest BCUT2D eigenvalue weighted by Gasteiger charge is -2.37. The van der Waals surface area contributed by atoms with E-state index in [9.17, 15) is 19.5 Å². The van der Waals surface area contributed by atoms with E-state index in [-0.39, 0.29) is 24.5 Å². The van der Waals surface area contributed by atoms with Gasteiger partial charge in [-0.15, -0.1) is 0 Å². The Hall–Kier alpha value is -3.39. The average Bonchev–Trinajstić information content (AvgIpc) is 3.15. The highest BCUT2D eigenvalue weighted by molar-refractivity contribution is 5.89. The molecule has 4 rings (SSSR count). The molecular formula is C26H31N3O5. The summed E-state index contributed by atoms with van der Waals surface area (Å²) in [4.78, 5) is 40.9. The van der Waals surface area contributed by atoms with Gasteiger partial charge < -0.3 is 25.0 Å². The fraction of sp³-hybridized carbons (Fsp3) is 0.423. The molecule has 2 aromatic carbocycles. The van der Waals surface area contributed by atoms with Crippen molar-refractivity contribution in [2.24, 2.45) is 0 Å². The maximum Gasteiger partial charge on any atom is 0.407 e. The van der Waals surface area contributed by atoms with Crippen molar-refractivity contribution in [3.05, 3.63) is 59.7 Å². The van der Waals surface area contributed by atoms with Gasteiger partial charge in [0.2, 0.25) is 5.91 Å². The minimum absolute atomic E-state index is 0.0975. The van der Waals surface area contributed by atoms with E-state index in [1.54, 1.807) is 4.90 Å². The predicted octanol–water partition coefficient (Wildman–Crippen LogP) is 2.92. The third-order valence-corrected chi connectivity index (χ3v) is 6.75. The molecule has 1 aliphatic carbocycles. The molecule has 2 amide bonds. The standard InChI is InChI=1S/C26H31N3O5/c1-28(2)17-8-7-13-29(15-17)25(32)23(14-24(30)31)27-26(33)34-16-22-20-11-5-3-9-18(20)19-10-4-6-12-21(19)22/h3-6,9-12,17,22-23H,7-8,13-16H2,1-2H3,(H,27,33)(H,30,31). The van der Waals surface area contributed by atoms with Gasteiger partial charge in [0.25, 0.3) is 0 Å². The van der Waals surface area contributed by atoms with Gasteiger partial charge in [0.1, 0.15) is 12.6 Å². The molecule has 0 radical (unpaired) electrons. The first-order valence-electron chi connectivity index (χ1n) is 11.6. The van der Waals surface area contributed by atoms with Gasteiger partial charge in [0, 0.05) is 25.0 Å². The molecule has 2 N–H and O–H groups in total. The lowest BCUT2D eigenvalue weighted by atomic mass is 9.98. The predicted molar refractivity (Wildman–Crippen MR) is 128 cm³/mol. The number of carbonyl (C=O) groups excluding carboxylic acids is 2. The highest BCUT2D eigenvalue weighted by Gasteiger charge is 2.33. The lowest BCUT2D eigenvalue weighted by Crippen LogP contribution is -2.54. The molecular weight excluding hydrogens is 434 g/mol. The Kier molecular flexibility index (Phi) is 7.17. The number of carbonyl (C=O) groups is 3. The van der Waals surface area contributed by atoms with Crippen molar-refractivity contribution in [2.75, 3.05) is 33.8 Å². The van der Waals surface area contributed by atoms with E-state index >= 15 is 0 Å². The SMILES string of the molecule is CN(C)C1CCCN(C(=O)C(CC(=O)O)NC(=O)OCC2c3ccccc3-c3ccccc32)C1. The summed E-state index contributed by atoms with van der Waals surface area (Å²) >= 11 is 0. The second-order valence-corrected chi connectivity index (χ2v) is 9.16. The molecule has 8 nitrogen and oxygen atoms in total. The van der Waals surface area contributed by atoms with Gasteiger partial charge in [-0.05, 0) is 49.2 Å². The summed E-state index contributed by atoms with van der Waals surface area (Å²) in [5.41, 5.74) is 4.40. The molecule has 34 heavy (non-hydrogen) atoms. The highest BCUT2D eigenvalue weighted by Crippen LogP contribution is 2.44. The average molecular weight is 466 g/mol. The number of hydrogen-bond acceptors (Lipinski definition) is 5. The Morgan fingerprint density at radius 2 is 1.71 bits per heavy atom. The summed E-state index contributed by atoms with van der Waals surface area (Å²) in [5, 5.41) is 11.8. The highest BCUT2D eigenvalue weighted by atomic mass is 16.5. The summed E-state index contributed by atoms with van der Waals surface area (Å²) < 4.78 is 5.53. The van der Waals surface area contributed by atoms with Crippen LogP contribution in [0.25, 0.3) is 11.1 Å². The number of amides is 2. The number of rotatable bonds is 7. The maximum atomic E-state index is 13.1. The van der Waals surface area contributed by atoms with Crippen LogP contribution in [0, 0.1) is 0 Å². The Labute approximate surface area is 199 Å². The van der Waals surface area contributed by atoms with Gasteiger partial charge in [-0.2, -0.15) is 0 Å². The summed E-state index contributed by atoms with van der Waals surface area (Å²) in [7, 11) is 3.92. The van der Waals surface area contributed by atoms with Gasteiger partial charge in [0.05, 0.1) is 6.42 Å². The van der Waals surface area contributed by atoms with E-state index in [1.165, 1.54) is 0 Å². The number of nitrogens with one attached hydrogen (secondary N) is 1. The number of aliphatic carboxylic acids is 1. The Morgan fingerprint density at radius 1 is 1.09 bits per heavy atom. The van der Waals surface area contributed by atoms with Crippen molar-refractivity contribution in [1.29, 1.82) is 0 Å². The van der Waals surface area contributed by atoms with Crippen LogP contribution in [0.15, 0.2) is 48.5 Å². The summed E-state index contributed by atoms with van der Waals surface area (Å²) in [6.45, 7) is 1.15. The van der Waals surface area contributed by atoms with Gasteiger partial charge in [0.15, 0.2) is 0 Å². The molecule has 1 aliphatic heterocycles. The van der Waals surface area contributed by atoms with Gasteiger partial charge in [-0.3, -0.25) is 9.59 Å². The largest absolute Gasteiger partial charge is 0.481 e. The molecule has 2 atom stereocenters. The van der Waals surface area contributed by atoms with Crippen LogP contribution in [-0.2, 0) is 14.3 Å². The number of piperidine rings is 1. The van der Waals surface area contributed by atoms with Crippen LogP contribution in [0.4, 0.5) is 4.79 Å². The summed E-state index contributed by atoms with van der Waals surface area (Å²) in [6, 6.07) is 15.1. The number of nitrogens with zero attached hydrogens (tertiary/aromatic N) is 2. The van der Waals surface area contributed by atoms with Crippen LogP contribution >= 0.6 is 0 Å². The van der Waals surface area contributed by atoms with E-state index in [1.807, 2.05) is 50.5 Å². The Bertz CT molecular complexity index is 1020. The number of hydrogen-bond donors (Lipinski definition) is 2. The van der Waals surface area contributed by atoms with E-state index in [2.05, 4.69) is 22.3 Å². The minimum Gasteiger partial charge on any atom is -0.481 e. The smallest absolute Gasteiger partial charge is 0.407 e. The number of fused-ring (bicyclic) bond motifs is 3. The summed E-state index contributed by atoms with van der Waals surface area (Å²) in [6.07, 6.45) is 0.522. The van der Waals surface area contributed by atoms with Gasteiger partial charge in [-0.1, -0.05) is 48.5 Å². The van der Waals surface area contributed by atoms with Crippen molar-refractivity contribution < 1.29 is 24.2 Å². The molecule has 8 heteroatoms. The monoisotopic (exact) mass is 465 g/mol. The van der Waals surface area contributed by atoms with Crippen LogP contribution in [0.1, 0.15) is 36.3 Å². The number of carboxylic acids is 1. The first-order chi connectivity index (χ1) is 16.3. The number of likely N-dealkylation sites (tertiary alicyclic amines) is 1. The number of ether oxygens (including phenoxy) is 1. The summed E-state index contributed by atoms with van der Waals surface area (Å²) in [5.74, 6) is -1.66. The van der Waals surface area contributed by atoms with Crippen LogP contribution in [0.2, 0.25) is 0 Å². The third-order valence-electron chi connectivity index (χ3n) is 6.75. The molecule has 180 valence electrons. The minimum atomic E-state index is -1.17. The molecule has 0 bridgehead atoms. The van der Waals surface area contributed by atoms with E-state index in [0.717, 1.165) is 35.1 Å². The quantitative estimate of drug-likeness (QED) is 0.652. The van der Waals surface area contributed by atoms with Crippen LogP contribution < -0.4 is 5.32 Å². The van der Waals surface area contributed by atoms with Gasteiger partial charge in [-0.25, -0.2) is 4.79 Å². The number of alkyl carbamates (subject to hydrolysis) is 1. The van der Waals surface area contributed by atoms with Crippen LogP contribution in [-0.4, -0.2) is 78.8 Å². The van der Waals surface area contributed by atoms with Crippen molar-refractivity contribution >= 4 is 18.0 Å². The third kappa shape index (κ3) is 5.07. The molecule has 1 fully saturated rings. The topological polar surface area (TPSA) is 99.2 Å². The zero-order valence-corrected chi connectivity index (χ0v) is 19.6. The number of likely N-dealkylation sites (N-methyl/N-ethyl adjacent to an activating group) is 1. The fourth-order valence-electron chi connectivity index (χ4n) is 4.95. The first-order valence-corrected chi connectivity index (χ1v) is 11.6. The molecule has 2 aliphatic rings. The lowest BCUT2D eigenvalue weighted by molar-refractivity contribution is -0.143. The molecule has 0 spiro atoms. The van der Waals surface area contributed by atoms with E-state index in [0.29, 0.717) is 13.1 Å². The maximum absolute atomic E-state index is 13.1. The molecule has 0 saturated carbocycles. The van der Waals surface area contributed by atoms with E-state index in [4.69, 9.17) is 4.74 Å². The molecule has 2 unspecified atom stereocenters. The van der Waals surface area contributed by atoms with Crippen LogP contribution in [0.3, 0.4) is 0 Å². The first kappa shape index (κ1) is 23.8. The van der Waals surface area contributed by atoms with Crippen molar-refractivity contribution in [3.8, 4) is 11.1 Å². The zero-order valence-electron chi connectivity index (χ0n) is 19.6. The zero-order chi connectivity index (χ0) is 24.2. The molecule has 0 aromatic heterocycles. The fourth-order valence-corrected chi connectivity index (χ4v) is 4.95. The number of carboxylic acid groups (broad SMARTS) is 1. The van der Waals surface area contributed by atoms with Gasteiger partial charge >= 0.3 is 12.1 Å². The van der Waals surface area contributed by atoms with Crippen molar-refractivity contribution in [3.63, 3.8) is 0 Å². The molecule has 1 saturated heterocycles. The molecule has 1 heterocycles. The Morgan fingerprint density at radius 3 is 2.29 bits per heavy atom. The Balaban J connectivity index is 1.42. The number of benzene rings is 2. The normalized spacial score (nSPS) is 18.2. The second-order valence-electron chi connectivity index (χ2n) is 9.16. The van der Waals surface area contributed by atoms with E-state index < -0.39 is 24.5 Å². The van der Waals surface area contributed by atoms with Crippen LogP contribution in [0.5, 0.6) is 0 Å².